The van der Waals surface area contributed by atoms with Crippen LogP contribution in [-0.4, -0.2) is 12.8 Å². The minimum Gasteiger partial charge on any atom is -0.473 e. The van der Waals surface area contributed by atoms with Crippen molar-refractivity contribution < 1.29 is 9.53 Å². The van der Waals surface area contributed by atoms with Gasteiger partial charge in [-0.3, -0.25) is 0 Å². The van der Waals surface area contributed by atoms with Crippen LogP contribution in [0.4, 0.5) is 10.5 Å². The molecule has 21 heavy (non-hydrogen) atoms. The van der Waals surface area contributed by atoms with Crippen molar-refractivity contribution in [3.63, 3.8) is 0 Å². The molecule has 0 radical (unpaired) electrons. The number of benzene rings is 2. The number of hydrogen-bond donors (Lipinski definition) is 2. The molecule has 5 heteroatoms. The van der Waals surface area contributed by atoms with Crippen LogP contribution in [0.5, 0.6) is 5.75 Å². The molecule has 0 aliphatic rings. The van der Waals surface area contributed by atoms with Gasteiger partial charge in [-0.25, -0.2) is 4.79 Å². The molecule has 0 heterocycles. The number of hydrogen-bond acceptors (Lipinski definition) is 2. The summed E-state index contributed by atoms with van der Waals surface area (Å²) in [4.78, 5) is 11.8. The number of nitrogens with one attached hydrogen (secondary N) is 2. The van der Waals surface area contributed by atoms with Gasteiger partial charge in [0.1, 0.15) is 5.75 Å². The van der Waals surface area contributed by atoms with Crippen molar-refractivity contribution in [3.8, 4) is 5.75 Å². The highest BCUT2D eigenvalue weighted by molar-refractivity contribution is 6.31. The molecule has 0 saturated carbocycles. The van der Waals surface area contributed by atoms with Crippen LogP contribution in [0.2, 0.25) is 5.02 Å². The SMILES string of the molecule is Cc1ccc(OCNC(=O)Nc2cc(Cl)ccc2C)cc1. The molecule has 0 unspecified atom stereocenters. The van der Waals surface area contributed by atoms with E-state index in [1.807, 2.05) is 44.2 Å². The van der Waals surface area contributed by atoms with Gasteiger partial charge in [0.15, 0.2) is 6.73 Å². The van der Waals surface area contributed by atoms with Crippen molar-refractivity contribution >= 4 is 23.3 Å². The maximum Gasteiger partial charge on any atom is 0.321 e. The van der Waals surface area contributed by atoms with Crippen LogP contribution in [0.15, 0.2) is 42.5 Å². The summed E-state index contributed by atoms with van der Waals surface area (Å²) < 4.78 is 5.43. The molecule has 0 aliphatic heterocycles. The highest BCUT2D eigenvalue weighted by atomic mass is 35.5. The van der Waals surface area contributed by atoms with E-state index in [2.05, 4.69) is 10.6 Å². The highest BCUT2D eigenvalue weighted by Gasteiger charge is 2.04. The second-order valence-corrected chi connectivity index (χ2v) is 5.13. The zero-order valence-corrected chi connectivity index (χ0v) is 12.7. The number of carbonyl (C=O) groups is 1. The summed E-state index contributed by atoms with van der Waals surface area (Å²) in [7, 11) is 0. The largest absolute Gasteiger partial charge is 0.473 e. The fourth-order valence-electron chi connectivity index (χ4n) is 1.71. The van der Waals surface area contributed by atoms with Crippen molar-refractivity contribution in [2.24, 2.45) is 0 Å². The fourth-order valence-corrected chi connectivity index (χ4v) is 1.89. The molecule has 110 valence electrons. The smallest absolute Gasteiger partial charge is 0.321 e. The number of rotatable bonds is 4. The summed E-state index contributed by atoms with van der Waals surface area (Å²) in [5.74, 6) is 0.708. The summed E-state index contributed by atoms with van der Waals surface area (Å²) >= 11 is 5.90. The minimum absolute atomic E-state index is 0.0918. The quantitative estimate of drug-likeness (QED) is 0.835. The van der Waals surface area contributed by atoms with E-state index >= 15 is 0 Å². The molecule has 0 saturated heterocycles. The first-order valence-electron chi connectivity index (χ1n) is 6.55. The molecule has 4 nitrogen and oxygen atoms in total. The second kappa shape index (κ2) is 6.99. The van der Waals surface area contributed by atoms with Gasteiger partial charge in [-0.2, -0.15) is 0 Å². The van der Waals surface area contributed by atoms with Crippen LogP contribution >= 0.6 is 11.6 Å². The Balaban J connectivity index is 1.82. The lowest BCUT2D eigenvalue weighted by Crippen LogP contribution is -2.32. The molecular formula is C16H17ClN2O2. The molecule has 2 N–H and O–H groups in total. The van der Waals surface area contributed by atoms with Crippen molar-refractivity contribution in [1.82, 2.24) is 5.32 Å². The Hall–Kier alpha value is -2.20. The van der Waals surface area contributed by atoms with Gasteiger partial charge in [0, 0.05) is 10.7 Å². The minimum atomic E-state index is -0.340. The van der Waals surface area contributed by atoms with Gasteiger partial charge in [0.25, 0.3) is 0 Å². The summed E-state index contributed by atoms with van der Waals surface area (Å²) in [6.45, 7) is 3.99. The van der Waals surface area contributed by atoms with Crippen molar-refractivity contribution in [3.05, 3.63) is 58.6 Å². The number of carbonyl (C=O) groups excluding carboxylic acids is 1. The summed E-state index contributed by atoms with van der Waals surface area (Å²) in [5, 5.41) is 5.93. The fraction of sp³-hybridized carbons (Fsp3) is 0.188. The lowest BCUT2D eigenvalue weighted by atomic mass is 10.2. The molecular weight excluding hydrogens is 288 g/mol. The summed E-state index contributed by atoms with van der Waals surface area (Å²) in [6.07, 6.45) is 0. The molecule has 2 amide bonds. The maximum absolute atomic E-state index is 11.8. The van der Waals surface area contributed by atoms with Gasteiger partial charge in [-0.15, -0.1) is 0 Å². The first-order valence-corrected chi connectivity index (χ1v) is 6.93. The van der Waals surface area contributed by atoms with Crippen LogP contribution in [0.3, 0.4) is 0 Å². The normalized spacial score (nSPS) is 10.0. The average Bonchev–Trinajstić information content (AvgIpc) is 2.45. The number of anilines is 1. The third kappa shape index (κ3) is 4.68. The van der Waals surface area contributed by atoms with E-state index in [1.54, 1.807) is 12.1 Å². The average molecular weight is 305 g/mol. The summed E-state index contributed by atoms with van der Waals surface area (Å²) in [5.41, 5.74) is 2.77. The monoisotopic (exact) mass is 304 g/mol. The van der Waals surface area contributed by atoms with Gasteiger partial charge in [0.05, 0.1) is 0 Å². The third-order valence-corrected chi connectivity index (χ3v) is 3.18. The number of halogens is 1. The van der Waals surface area contributed by atoms with Gasteiger partial charge in [0.2, 0.25) is 0 Å². The van der Waals surface area contributed by atoms with E-state index in [9.17, 15) is 4.79 Å². The van der Waals surface area contributed by atoms with E-state index < -0.39 is 0 Å². The zero-order valence-electron chi connectivity index (χ0n) is 11.9. The number of aryl methyl sites for hydroxylation is 2. The number of ether oxygens (including phenoxy) is 1. The number of amides is 2. The molecule has 2 rings (SSSR count). The van der Waals surface area contributed by atoms with Gasteiger partial charge in [-0.1, -0.05) is 35.4 Å². The van der Waals surface area contributed by atoms with Crippen LogP contribution < -0.4 is 15.4 Å². The first-order chi connectivity index (χ1) is 10.0. The van der Waals surface area contributed by atoms with Crippen LogP contribution in [-0.2, 0) is 0 Å². The molecule has 0 bridgehead atoms. The van der Waals surface area contributed by atoms with Crippen LogP contribution in [0.25, 0.3) is 0 Å². The molecule has 0 spiro atoms. The standard InChI is InChI=1S/C16H17ClN2O2/c1-11-3-7-14(8-4-11)21-10-18-16(20)19-15-9-13(17)6-5-12(15)2/h3-9H,10H2,1-2H3,(H2,18,19,20). The van der Waals surface area contributed by atoms with Gasteiger partial charge >= 0.3 is 6.03 Å². The van der Waals surface area contributed by atoms with Crippen LogP contribution in [0, 0.1) is 13.8 Å². The Bertz CT molecular complexity index is 627. The van der Waals surface area contributed by atoms with E-state index in [1.165, 1.54) is 0 Å². The predicted octanol–water partition coefficient (Wildman–Crippen LogP) is 4.11. The van der Waals surface area contributed by atoms with E-state index in [4.69, 9.17) is 16.3 Å². The predicted molar refractivity (Wildman–Crippen MR) is 85.0 cm³/mol. The maximum atomic E-state index is 11.8. The van der Waals surface area contributed by atoms with E-state index in [0.29, 0.717) is 16.5 Å². The molecule has 2 aromatic rings. The van der Waals surface area contributed by atoms with E-state index in [0.717, 1.165) is 11.1 Å². The number of urea groups is 1. The summed E-state index contributed by atoms with van der Waals surface area (Å²) in [6, 6.07) is 12.6. The Labute approximate surface area is 129 Å². The van der Waals surface area contributed by atoms with Crippen molar-refractivity contribution in [1.29, 1.82) is 0 Å². The lowest BCUT2D eigenvalue weighted by molar-refractivity contribution is 0.234. The second-order valence-electron chi connectivity index (χ2n) is 4.69. The molecule has 2 aromatic carbocycles. The van der Waals surface area contributed by atoms with E-state index in [-0.39, 0.29) is 12.8 Å². The Morgan fingerprint density at radius 3 is 2.57 bits per heavy atom. The topological polar surface area (TPSA) is 50.4 Å². The van der Waals surface area contributed by atoms with Gasteiger partial charge < -0.3 is 15.4 Å². The van der Waals surface area contributed by atoms with Gasteiger partial charge in [-0.05, 0) is 43.7 Å². The first kappa shape index (κ1) is 15.2. The zero-order chi connectivity index (χ0) is 15.2. The Morgan fingerprint density at radius 1 is 1.14 bits per heavy atom. The lowest BCUT2D eigenvalue weighted by Gasteiger charge is -2.11. The third-order valence-electron chi connectivity index (χ3n) is 2.94. The highest BCUT2D eigenvalue weighted by Crippen LogP contribution is 2.19. The van der Waals surface area contributed by atoms with Crippen molar-refractivity contribution in [2.75, 3.05) is 12.0 Å². The molecule has 0 fully saturated rings. The van der Waals surface area contributed by atoms with Crippen molar-refractivity contribution in [2.45, 2.75) is 13.8 Å². The Kier molecular flexibility index (Phi) is 5.06. The van der Waals surface area contributed by atoms with Crippen LogP contribution in [0.1, 0.15) is 11.1 Å². The molecule has 0 aliphatic carbocycles. The molecule has 0 aromatic heterocycles. The molecule has 0 atom stereocenters. The Morgan fingerprint density at radius 2 is 1.86 bits per heavy atom.